The first-order valence-corrected chi connectivity index (χ1v) is 6.44. The van der Waals surface area contributed by atoms with Gasteiger partial charge in [0.1, 0.15) is 0 Å². The second-order valence-corrected chi connectivity index (χ2v) is 4.88. The van der Waals surface area contributed by atoms with Gasteiger partial charge in [0.15, 0.2) is 0 Å². The summed E-state index contributed by atoms with van der Waals surface area (Å²) in [5.41, 5.74) is 3.65. The minimum atomic E-state index is 0.910. The summed E-state index contributed by atoms with van der Waals surface area (Å²) in [6.45, 7) is 3.00. The van der Waals surface area contributed by atoms with Crippen LogP contribution in [0.1, 0.15) is 11.1 Å². The quantitative estimate of drug-likeness (QED) is 0.926. The summed E-state index contributed by atoms with van der Waals surface area (Å²) < 4.78 is 1.11. The van der Waals surface area contributed by atoms with E-state index in [9.17, 15) is 0 Å². The van der Waals surface area contributed by atoms with Crippen LogP contribution in [0.2, 0.25) is 0 Å². The van der Waals surface area contributed by atoms with Crippen LogP contribution in [0.4, 0.5) is 5.69 Å². The Kier molecular flexibility index (Phi) is 4.15. The van der Waals surface area contributed by atoms with Gasteiger partial charge in [-0.1, -0.05) is 12.1 Å². The first-order valence-electron chi connectivity index (χ1n) is 5.64. The van der Waals surface area contributed by atoms with E-state index >= 15 is 0 Å². The lowest BCUT2D eigenvalue weighted by molar-refractivity contribution is 1.00. The number of hydrogen-bond acceptors (Lipinski definition) is 2. The first-order chi connectivity index (χ1) is 8.25. The third kappa shape index (κ3) is 3.56. The molecule has 0 aliphatic carbocycles. The minimum Gasteiger partial charge on any atom is -0.384 e. The molecular weight excluding hydrogens is 276 g/mol. The van der Waals surface area contributed by atoms with Crippen LogP contribution in [0.5, 0.6) is 0 Å². The van der Waals surface area contributed by atoms with Crippen molar-refractivity contribution in [2.45, 2.75) is 13.3 Å². The Bertz CT molecular complexity index is 483. The van der Waals surface area contributed by atoms with E-state index in [2.05, 4.69) is 57.4 Å². The molecule has 1 N–H and O–H groups in total. The number of pyridine rings is 1. The summed E-state index contributed by atoms with van der Waals surface area (Å²) in [6, 6.07) is 10.4. The molecule has 0 fully saturated rings. The number of nitrogens with zero attached hydrogens (tertiary/aromatic N) is 1. The van der Waals surface area contributed by atoms with E-state index in [1.165, 1.54) is 11.1 Å². The third-order valence-electron chi connectivity index (χ3n) is 2.58. The van der Waals surface area contributed by atoms with Crippen molar-refractivity contribution in [2.24, 2.45) is 0 Å². The Labute approximate surface area is 110 Å². The van der Waals surface area contributed by atoms with Crippen LogP contribution < -0.4 is 5.32 Å². The van der Waals surface area contributed by atoms with Gasteiger partial charge >= 0.3 is 0 Å². The molecular formula is C14H15BrN2. The van der Waals surface area contributed by atoms with Gasteiger partial charge in [-0.25, -0.2) is 0 Å². The lowest BCUT2D eigenvalue weighted by atomic mass is 10.2. The fourth-order valence-electron chi connectivity index (χ4n) is 1.65. The number of nitrogens with one attached hydrogen (secondary N) is 1. The topological polar surface area (TPSA) is 24.9 Å². The molecule has 0 atom stereocenters. The van der Waals surface area contributed by atoms with Gasteiger partial charge in [0.2, 0.25) is 0 Å². The van der Waals surface area contributed by atoms with Crippen LogP contribution in [0.25, 0.3) is 0 Å². The maximum absolute atomic E-state index is 4.10. The Morgan fingerprint density at radius 2 is 2.18 bits per heavy atom. The molecule has 17 heavy (non-hydrogen) atoms. The number of halogens is 1. The summed E-state index contributed by atoms with van der Waals surface area (Å²) in [7, 11) is 0. The first kappa shape index (κ1) is 12.1. The summed E-state index contributed by atoms with van der Waals surface area (Å²) in [4.78, 5) is 4.10. The van der Waals surface area contributed by atoms with E-state index in [0.29, 0.717) is 0 Å². The molecule has 0 aliphatic rings. The number of anilines is 1. The monoisotopic (exact) mass is 290 g/mol. The Balaban J connectivity index is 1.90. The van der Waals surface area contributed by atoms with E-state index < -0.39 is 0 Å². The number of aromatic nitrogens is 1. The van der Waals surface area contributed by atoms with E-state index in [0.717, 1.165) is 23.1 Å². The highest BCUT2D eigenvalue weighted by atomic mass is 79.9. The highest BCUT2D eigenvalue weighted by Gasteiger charge is 1.99. The third-order valence-corrected chi connectivity index (χ3v) is 3.23. The normalized spacial score (nSPS) is 10.2. The predicted octanol–water partition coefficient (Wildman–Crippen LogP) is 3.81. The van der Waals surface area contributed by atoms with Crippen LogP contribution in [-0.2, 0) is 6.42 Å². The average Bonchev–Trinajstić information content (AvgIpc) is 2.33. The Morgan fingerprint density at radius 1 is 1.29 bits per heavy atom. The smallest absolute Gasteiger partial charge is 0.0484 e. The average molecular weight is 291 g/mol. The Morgan fingerprint density at radius 3 is 2.88 bits per heavy atom. The van der Waals surface area contributed by atoms with Gasteiger partial charge in [0.05, 0.1) is 0 Å². The van der Waals surface area contributed by atoms with Gasteiger partial charge in [0, 0.05) is 29.1 Å². The van der Waals surface area contributed by atoms with Crippen LogP contribution in [-0.4, -0.2) is 11.5 Å². The molecule has 0 spiro atoms. The van der Waals surface area contributed by atoms with Gasteiger partial charge in [-0.3, -0.25) is 4.98 Å². The zero-order valence-corrected chi connectivity index (χ0v) is 11.4. The molecule has 0 aliphatic heterocycles. The molecule has 2 rings (SSSR count). The number of benzene rings is 1. The zero-order valence-electron chi connectivity index (χ0n) is 9.78. The van der Waals surface area contributed by atoms with E-state index in [1.54, 1.807) is 6.20 Å². The van der Waals surface area contributed by atoms with Crippen molar-refractivity contribution >= 4 is 21.6 Å². The van der Waals surface area contributed by atoms with Crippen molar-refractivity contribution in [2.75, 3.05) is 11.9 Å². The number of rotatable bonds is 4. The number of aryl methyl sites for hydroxylation is 1. The van der Waals surface area contributed by atoms with E-state index in [4.69, 9.17) is 0 Å². The van der Waals surface area contributed by atoms with E-state index in [1.807, 2.05) is 12.3 Å². The molecule has 88 valence electrons. The molecule has 3 heteroatoms. The van der Waals surface area contributed by atoms with E-state index in [-0.39, 0.29) is 0 Å². The van der Waals surface area contributed by atoms with Gasteiger partial charge in [0.25, 0.3) is 0 Å². The molecule has 0 radical (unpaired) electrons. The molecule has 0 amide bonds. The molecule has 1 aromatic heterocycles. The summed E-state index contributed by atoms with van der Waals surface area (Å²) >= 11 is 3.56. The fraction of sp³-hybridized carbons (Fsp3) is 0.214. The van der Waals surface area contributed by atoms with Crippen LogP contribution in [0, 0.1) is 6.92 Å². The predicted molar refractivity (Wildman–Crippen MR) is 75.3 cm³/mol. The van der Waals surface area contributed by atoms with Gasteiger partial charge < -0.3 is 5.32 Å². The Hall–Kier alpha value is -1.35. The maximum atomic E-state index is 4.10. The van der Waals surface area contributed by atoms with Crippen molar-refractivity contribution in [3.63, 3.8) is 0 Å². The summed E-state index contributed by atoms with van der Waals surface area (Å²) in [6.07, 6.45) is 4.69. The van der Waals surface area contributed by atoms with Crippen LogP contribution >= 0.6 is 15.9 Å². The standard InChI is InChI=1S/C14H15BrN2/c1-11-4-5-14(13(15)9-11)17-8-6-12-3-2-7-16-10-12/h2-5,7,9-10,17H,6,8H2,1H3. The lowest BCUT2D eigenvalue weighted by Gasteiger charge is -2.09. The number of hydrogen-bond donors (Lipinski definition) is 1. The van der Waals surface area contributed by atoms with Crippen molar-refractivity contribution in [3.8, 4) is 0 Å². The highest BCUT2D eigenvalue weighted by Crippen LogP contribution is 2.23. The molecule has 0 unspecified atom stereocenters. The molecule has 1 heterocycles. The molecule has 2 aromatic rings. The minimum absolute atomic E-state index is 0.910. The van der Waals surface area contributed by atoms with Crippen LogP contribution in [0.15, 0.2) is 47.2 Å². The molecule has 1 aromatic carbocycles. The molecule has 2 nitrogen and oxygen atoms in total. The van der Waals surface area contributed by atoms with Gasteiger partial charge in [-0.2, -0.15) is 0 Å². The highest BCUT2D eigenvalue weighted by molar-refractivity contribution is 9.10. The zero-order chi connectivity index (χ0) is 12.1. The summed E-state index contributed by atoms with van der Waals surface area (Å²) in [5, 5.41) is 3.41. The fourth-order valence-corrected chi connectivity index (χ4v) is 2.28. The van der Waals surface area contributed by atoms with Crippen molar-refractivity contribution in [3.05, 3.63) is 58.3 Å². The molecule has 0 bridgehead atoms. The second kappa shape index (κ2) is 5.82. The van der Waals surface area contributed by atoms with Gasteiger partial charge in [-0.05, 0) is 58.6 Å². The van der Waals surface area contributed by atoms with Crippen molar-refractivity contribution < 1.29 is 0 Å². The van der Waals surface area contributed by atoms with Crippen LogP contribution in [0.3, 0.4) is 0 Å². The largest absolute Gasteiger partial charge is 0.384 e. The van der Waals surface area contributed by atoms with Gasteiger partial charge in [-0.15, -0.1) is 0 Å². The van der Waals surface area contributed by atoms with Crippen molar-refractivity contribution in [1.29, 1.82) is 0 Å². The molecule has 0 saturated carbocycles. The van der Waals surface area contributed by atoms with Crippen molar-refractivity contribution in [1.82, 2.24) is 4.98 Å². The maximum Gasteiger partial charge on any atom is 0.0484 e. The lowest BCUT2D eigenvalue weighted by Crippen LogP contribution is -2.05. The second-order valence-electron chi connectivity index (χ2n) is 4.02. The molecule has 0 saturated heterocycles. The SMILES string of the molecule is Cc1ccc(NCCc2cccnc2)c(Br)c1. The summed E-state index contributed by atoms with van der Waals surface area (Å²) in [5.74, 6) is 0.